The molecule has 1 aliphatic heterocycles. The number of hydrogen-bond acceptors (Lipinski definition) is 6. The molecule has 3 rings (SSSR count). The molecule has 0 radical (unpaired) electrons. The van der Waals surface area contributed by atoms with E-state index in [2.05, 4.69) is 4.90 Å². The number of aliphatic hydroxyl groups is 1. The van der Waals surface area contributed by atoms with Crippen molar-refractivity contribution in [2.45, 2.75) is 38.2 Å². The normalized spacial score (nSPS) is 15.4. The van der Waals surface area contributed by atoms with E-state index in [-0.39, 0.29) is 0 Å². The van der Waals surface area contributed by atoms with Crippen LogP contribution in [-0.4, -0.2) is 57.6 Å². The predicted molar refractivity (Wildman–Crippen MR) is 122 cm³/mol. The Morgan fingerprint density at radius 3 is 2.19 bits per heavy atom. The molecule has 1 unspecified atom stereocenters. The van der Waals surface area contributed by atoms with E-state index in [4.69, 9.17) is 18.9 Å². The van der Waals surface area contributed by atoms with Crippen molar-refractivity contribution in [2.75, 3.05) is 47.6 Å². The summed E-state index contributed by atoms with van der Waals surface area (Å²) in [6, 6.07) is 11.6. The second-order valence-corrected chi connectivity index (χ2v) is 7.87. The number of piperidine rings is 1. The van der Waals surface area contributed by atoms with Gasteiger partial charge in [-0.15, -0.1) is 0 Å². The van der Waals surface area contributed by atoms with Gasteiger partial charge in [-0.25, -0.2) is 0 Å². The molecule has 170 valence electrons. The lowest BCUT2D eigenvalue weighted by Crippen LogP contribution is -2.33. The SMILES string of the molecule is COc1ccc(CCC(O)c2c(OC)ccc(OC)c2OCCN2CCCCC2)cc1. The molecule has 0 aliphatic carbocycles. The Morgan fingerprint density at radius 1 is 0.871 bits per heavy atom. The summed E-state index contributed by atoms with van der Waals surface area (Å²) >= 11 is 0. The van der Waals surface area contributed by atoms with Crippen LogP contribution in [0.5, 0.6) is 23.0 Å². The minimum absolute atomic E-state index is 0.540. The molecule has 1 saturated heterocycles. The molecule has 2 aromatic rings. The van der Waals surface area contributed by atoms with Crippen molar-refractivity contribution >= 4 is 0 Å². The van der Waals surface area contributed by atoms with Crippen molar-refractivity contribution in [3.8, 4) is 23.0 Å². The van der Waals surface area contributed by atoms with Gasteiger partial charge < -0.3 is 24.1 Å². The molecule has 1 aliphatic rings. The summed E-state index contributed by atoms with van der Waals surface area (Å²) in [6.07, 6.45) is 4.33. The number of likely N-dealkylation sites (tertiary alicyclic amines) is 1. The van der Waals surface area contributed by atoms with Crippen LogP contribution in [0.2, 0.25) is 0 Å². The van der Waals surface area contributed by atoms with E-state index in [1.807, 2.05) is 36.4 Å². The van der Waals surface area contributed by atoms with Crippen LogP contribution in [0.1, 0.15) is 42.9 Å². The smallest absolute Gasteiger partial charge is 0.170 e. The molecule has 6 nitrogen and oxygen atoms in total. The molecule has 6 heteroatoms. The summed E-state index contributed by atoms with van der Waals surface area (Å²) in [7, 11) is 4.88. The summed E-state index contributed by atoms with van der Waals surface area (Å²) in [4.78, 5) is 2.43. The molecule has 1 atom stereocenters. The van der Waals surface area contributed by atoms with Crippen LogP contribution < -0.4 is 18.9 Å². The van der Waals surface area contributed by atoms with Gasteiger partial charge in [0.15, 0.2) is 11.5 Å². The van der Waals surface area contributed by atoms with Gasteiger partial charge in [0.25, 0.3) is 0 Å². The quantitative estimate of drug-likeness (QED) is 0.576. The van der Waals surface area contributed by atoms with E-state index < -0.39 is 6.10 Å². The summed E-state index contributed by atoms with van der Waals surface area (Å²) in [5.74, 6) is 2.61. The zero-order valence-corrected chi connectivity index (χ0v) is 18.9. The second kappa shape index (κ2) is 11.8. The van der Waals surface area contributed by atoms with Gasteiger partial charge in [-0.05, 0) is 68.6 Å². The summed E-state index contributed by atoms with van der Waals surface area (Å²) in [6.45, 7) is 3.65. The van der Waals surface area contributed by atoms with Crippen LogP contribution in [-0.2, 0) is 6.42 Å². The third-order valence-corrected chi connectivity index (χ3v) is 5.86. The van der Waals surface area contributed by atoms with Crippen molar-refractivity contribution in [1.29, 1.82) is 0 Å². The van der Waals surface area contributed by atoms with Gasteiger partial charge in [-0.1, -0.05) is 18.6 Å². The van der Waals surface area contributed by atoms with Crippen LogP contribution in [0.25, 0.3) is 0 Å². The number of methoxy groups -OCH3 is 3. The zero-order chi connectivity index (χ0) is 22.1. The maximum Gasteiger partial charge on any atom is 0.170 e. The molecular formula is C25H35NO5. The average Bonchev–Trinajstić information content (AvgIpc) is 2.83. The highest BCUT2D eigenvalue weighted by Gasteiger charge is 2.23. The van der Waals surface area contributed by atoms with Gasteiger partial charge >= 0.3 is 0 Å². The van der Waals surface area contributed by atoms with E-state index in [1.165, 1.54) is 19.3 Å². The minimum Gasteiger partial charge on any atom is -0.497 e. The molecule has 1 N–H and O–H groups in total. The minimum atomic E-state index is -0.739. The van der Waals surface area contributed by atoms with Crippen molar-refractivity contribution in [3.05, 3.63) is 47.5 Å². The van der Waals surface area contributed by atoms with E-state index in [9.17, 15) is 5.11 Å². The maximum absolute atomic E-state index is 11.1. The molecule has 0 aromatic heterocycles. The van der Waals surface area contributed by atoms with Gasteiger partial charge in [0.2, 0.25) is 0 Å². The van der Waals surface area contributed by atoms with Crippen LogP contribution in [0.3, 0.4) is 0 Å². The Morgan fingerprint density at radius 2 is 1.55 bits per heavy atom. The molecule has 0 saturated carbocycles. The van der Waals surface area contributed by atoms with Crippen molar-refractivity contribution in [3.63, 3.8) is 0 Å². The monoisotopic (exact) mass is 429 g/mol. The zero-order valence-electron chi connectivity index (χ0n) is 18.9. The number of nitrogens with zero attached hydrogens (tertiary/aromatic N) is 1. The maximum atomic E-state index is 11.1. The third-order valence-electron chi connectivity index (χ3n) is 5.86. The number of hydrogen-bond donors (Lipinski definition) is 1. The largest absolute Gasteiger partial charge is 0.497 e. The van der Waals surface area contributed by atoms with Crippen molar-refractivity contribution < 1.29 is 24.1 Å². The van der Waals surface area contributed by atoms with Gasteiger partial charge in [0, 0.05) is 6.54 Å². The number of rotatable bonds is 11. The molecule has 0 spiro atoms. The summed E-state index contributed by atoms with van der Waals surface area (Å²) < 4.78 is 22.5. The van der Waals surface area contributed by atoms with Crippen LogP contribution >= 0.6 is 0 Å². The Bertz CT molecular complexity index is 802. The highest BCUT2D eigenvalue weighted by Crippen LogP contribution is 2.42. The van der Waals surface area contributed by atoms with Gasteiger partial charge in [0.05, 0.1) is 33.0 Å². The van der Waals surface area contributed by atoms with Crippen LogP contribution in [0.15, 0.2) is 36.4 Å². The topological polar surface area (TPSA) is 60.4 Å². The van der Waals surface area contributed by atoms with Crippen LogP contribution in [0.4, 0.5) is 0 Å². The van der Waals surface area contributed by atoms with Gasteiger partial charge in [0.1, 0.15) is 18.1 Å². The Labute approximate surface area is 185 Å². The summed E-state index contributed by atoms with van der Waals surface area (Å²) in [5, 5.41) is 11.1. The van der Waals surface area contributed by atoms with Crippen molar-refractivity contribution in [2.24, 2.45) is 0 Å². The number of aryl methyl sites for hydroxylation is 1. The predicted octanol–water partition coefficient (Wildman–Crippen LogP) is 4.24. The standard InChI is InChI=1S/C25H35NO5/c1-28-20-10-7-19(8-11-20)9-12-21(27)24-22(29-2)13-14-23(30-3)25(24)31-18-17-26-15-5-4-6-16-26/h7-8,10-11,13-14,21,27H,4-6,9,12,15-18H2,1-3H3. The second-order valence-electron chi connectivity index (χ2n) is 7.87. The third kappa shape index (κ3) is 6.28. The van der Waals surface area contributed by atoms with E-state index in [0.717, 1.165) is 37.4 Å². The van der Waals surface area contributed by atoms with Gasteiger partial charge in [-0.3, -0.25) is 4.90 Å². The summed E-state index contributed by atoms with van der Waals surface area (Å²) in [5.41, 5.74) is 1.78. The number of aliphatic hydroxyl groups excluding tert-OH is 1. The molecule has 31 heavy (non-hydrogen) atoms. The first-order chi connectivity index (χ1) is 15.2. The highest BCUT2D eigenvalue weighted by atomic mass is 16.5. The number of ether oxygens (including phenoxy) is 4. The molecule has 0 bridgehead atoms. The molecule has 0 amide bonds. The van der Waals surface area contributed by atoms with E-state index in [1.54, 1.807) is 21.3 Å². The first kappa shape index (κ1) is 23.2. The Hall–Kier alpha value is -2.44. The lowest BCUT2D eigenvalue weighted by Gasteiger charge is -2.27. The van der Waals surface area contributed by atoms with E-state index in [0.29, 0.717) is 35.8 Å². The molecule has 1 fully saturated rings. The lowest BCUT2D eigenvalue weighted by atomic mass is 9.99. The average molecular weight is 430 g/mol. The van der Waals surface area contributed by atoms with Crippen LogP contribution in [0, 0.1) is 0 Å². The number of benzene rings is 2. The Kier molecular flexibility index (Phi) is 8.85. The fourth-order valence-corrected chi connectivity index (χ4v) is 4.06. The Balaban J connectivity index is 1.72. The fraction of sp³-hybridized carbons (Fsp3) is 0.520. The first-order valence-corrected chi connectivity index (χ1v) is 11.1. The molecule has 1 heterocycles. The lowest BCUT2D eigenvalue weighted by molar-refractivity contribution is 0.149. The van der Waals surface area contributed by atoms with Crippen molar-refractivity contribution in [1.82, 2.24) is 4.90 Å². The van der Waals surface area contributed by atoms with E-state index >= 15 is 0 Å². The highest BCUT2D eigenvalue weighted by molar-refractivity contribution is 5.55. The fourth-order valence-electron chi connectivity index (χ4n) is 4.06. The first-order valence-electron chi connectivity index (χ1n) is 11.1. The molecule has 2 aromatic carbocycles. The van der Waals surface area contributed by atoms with Gasteiger partial charge in [-0.2, -0.15) is 0 Å². The molecular weight excluding hydrogens is 394 g/mol.